The summed E-state index contributed by atoms with van der Waals surface area (Å²) in [6, 6.07) is 15.2. The van der Waals surface area contributed by atoms with E-state index in [-0.39, 0.29) is 5.75 Å². The molecule has 0 aliphatic carbocycles. The minimum Gasteiger partial charge on any atom is -0.505 e. The molecule has 22 heavy (non-hydrogen) atoms. The molecule has 3 aromatic carbocycles. The Kier molecular flexibility index (Phi) is 2.82. The van der Waals surface area contributed by atoms with Crippen molar-refractivity contribution in [2.24, 2.45) is 0 Å². The van der Waals surface area contributed by atoms with Crippen LogP contribution < -0.4 is 4.74 Å². The molecule has 0 spiro atoms. The van der Waals surface area contributed by atoms with Crippen molar-refractivity contribution in [1.29, 1.82) is 0 Å². The fraction of sp³-hybridized carbons (Fsp3) is 0.111. The van der Waals surface area contributed by atoms with E-state index in [1.807, 2.05) is 55.5 Å². The van der Waals surface area contributed by atoms with Crippen LogP contribution >= 0.6 is 0 Å². The second kappa shape index (κ2) is 4.84. The van der Waals surface area contributed by atoms with Crippen LogP contribution in [-0.2, 0) is 0 Å². The number of phenolic OH excluding ortho intramolecular Hbond substituents is 1. The summed E-state index contributed by atoms with van der Waals surface area (Å²) in [7, 11) is 0. The quantitative estimate of drug-likeness (QED) is 0.566. The molecule has 0 saturated heterocycles. The number of rotatable bonds is 2. The van der Waals surface area contributed by atoms with Crippen molar-refractivity contribution in [3.63, 3.8) is 0 Å². The van der Waals surface area contributed by atoms with Crippen LogP contribution in [0.15, 0.2) is 48.5 Å². The van der Waals surface area contributed by atoms with Gasteiger partial charge in [-0.05, 0) is 30.5 Å². The predicted molar refractivity (Wildman–Crippen MR) is 87.4 cm³/mol. The van der Waals surface area contributed by atoms with E-state index in [1.165, 1.54) is 0 Å². The largest absolute Gasteiger partial charge is 0.505 e. The SMILES string of the molecule is CCOc1ccc2nc3c(O)c4ccccc4cc3nc2c1. The predicted octanol–water partition coefficient (Wildman–Crippen LogP) is 4.04. The van der Waals surface area contributed by atoms with Gasteiger partial charge in [-0.2, -0.15) is 0 Å². The highest BCUT2D eigenvalue weighted by Crippen LogP contribution is 2.33. The molecule has 0 aliphatic heterocycles. The summed E-state index contributed by atoms with van der Waals surface area (Å²) in [5.41, 5.74) is 2.70. The minimum absolute atomic E-state index is 0.177. The van der Waals surface area contributed by atoms with Crippen molar-refractivity contribution in [2.75, 3.05) is 6.61 Å². The molecule has 0 amide bonds. The molecule has 0 fully saturated rings. The van der Waals surface area contributed by atoms with Crippen LogP contribution in [-0.4, -0.2) is 21.7 Å². The molecule has 1 heterocycles. The average molecular weight is 290 g/mol. The topological polar surface area (TPSA) is 55.2 Å². The molecule has 0 atom stereocenters. The van der Waals surface area contributed by atoms with E-state index in [9.17, 15) is 5.11 Å². The number of phenols is 1. The van der Waals surface area contributed by atoms with Gasteiger partial charge in [-0.25, -0.2) is 9.97 Å². The molecule has 4 rings (SSSR count). The zero-order valence-electron chi connectivity index (χ0n) is 12.1. The molecule has 0 unspecified atom stereocenters. The zero-order valence-corrected chi connectivity index (χ0v) is 12.1. The second-order valence-corrected chi connectivity index (χ2v) is 5.12. The number of nitrogens with zero attached hydrogens (tertiary/aromatic N) is 2. The Morgan fingerprint density at radius 2 is 1.82 bits per heavy atom. The number of hydrogen-bond acceptors (Lipinski definition) is 4. The highest BCUT2D eigenvalue weighted by atomic mass is 16.5. The summed E-state index contributed by atoms with van der Waals surface area (Å²) in [5, 5.41) is 12.2. The lowest BCUT2D eigenvalue weighted by atomic mass is 10.1. The maximum Gasteiger partial charge on any atom is 0.151 e. The number of benzene rings is 3. The first-order valence-electron chi connectivity index (χ1n) is 7.21. The Morgan fingerprint density at radius 1 is 0.955 bits per heavy atom. The molecule has 4 nitrogen and oxygen atoms in total. The van der Waals surface area contributed by atoms with Crippen molar-refractivity contribution in [1.82, 2.24) is 9.97 Å². The van der Waals surface area contributed by atoms with Crippen molar-refractivity contribution in [2.45, 2.75) is 6.92 Å². The molecule has 4 heteroatoms. The molecular weight excluding hydrogens is 276 g/mol. The Hall–Kier alpha value is -2.88. The summed E-state index contributed by atoms with van der Waals surface area (Å²) in [4.78, 5) is 9.19. The van der Waals surface area contributed by atoms with Gasteiger partial charge in [0.2, 0.25) is 0 Å². The molecule has 1 aromatic heterocycles. The lowest BCUT2D eigenvalue weighted by Gasteiger charge is -2.08. The third kappa shape index (κ3) is 1.92. The number of hydrogen-bond donors (Lipinski definition) is 1. The van der Waals surface area contributed by atoms with E-state index in [0.29, 0.717) is 17.6 Å². The average Bonchev–Trinajstić information content (AvgIpc) is 2.54. The fourth-order valence-corrected chi connectivity index (χ4v) is 2.69. The van der Waals surface area contributed by atoms with Gasteiger partial charge in [0.25, 0.3) is 0 Å². The van der Waals surface area contributed by atoms with Crippen LogP contribution in [0.3, 0.4) is 0 Å². The van der Waals surface area contributed by atoms with Crippen LogP contribution in [0.25, 0.3) is 32.8 Å². The van der Waals surface area contributed by atoms with Gasteiger partial charge in [-0.15, -0.1) is 0 Å². The second-order valence-electron chi connectivity index (χ2n) is 5.12. The number of ether oxygens (including phenoxy) is 1. The van der Waals surface area contributed by atoms with Gasteiger partial charge in [-0.3, -0.25) is 0 Å². The van der Waals surface area contributed by atoms with E-state index in [0.717, 1.165) is 27.6 Å². The molecule has 1 N–H and O–H groups in total. The Labute approximate surface area is 127 Å². The summed E-state index contributed by atoms with van der Waals surface area (Å²) in [6.45, 7) is 2.55. The molecule has 0 radical (unpaired) electrons. The number of aromatic hydroxyl groups is 1. The Balaban J connectivity index is 2.06. The maximum atomic E-state index is 10.5. The molecule has 0 aliphatic rings. The first-order chi connectivity index (χ1) is 10.8. The lowest BCUT2D eigenvalue weighted by Crippen LogP contribution is -1.93. The number of aromatic nitrogens is 2. The molecule has 108 valence electrons. The van der Waals surface area contributed by atoms with E-state index in [2.05, 4.69) is 9.97 Å². The van der Waals surface area contributed by atoms with Crippen molar-refractivity contribution >= 4 is 32.8 Å². The Bertz CT molecular complexity index is 1010. The zero-order chi connectivity index (χ0) is 15.1. The monoisotopic (exact) mass is 290 g/mol. The van der Waals surface area contributed by atoms with Gasteiger partial charge in [-0.1, -0.05) is 24.3 Å². The molecule has 4 aromatic rings. The smallest absolute Gasteiger partial charge is 0.151 e. The lowest BCUT2D eigenvalue weighted by molar-refractivity contribution is 0.340. The van der Waals surface area contributed by atoms with Crippen molar-refractivity contribution in [3.05, 3.63) is 48.5 Å². The van der Waals surface area contributed by atoms with Crippen LogP contribution in [0.1, 0.15) is 6.92 Å². The Morgan fingerprint density at radius 3 is 2.68 bits per heavy atom. The van der Waals surface area contributed by atoms with Crippen LogP contribution in [0.2, 0.25) is 0 Å². The summed E-state index contributed by atoms with van der Waals surface area (Å²) < 4.78 is 5.50. The van der Waals surface area contributed by atoms with Crippen molar-refractivity contribution < 1.29 is 9.84 Å². The molecule has 0 bridgehead atoms. The fourth-order valence-electron chi connectivity index (χ4n) is 2.69. The van der Waals surface area contributed by atoms with E-state index in [1.54, 1.807) is 0 Å². The normalized spacial score (nSPS) is 11.3. The summed E-state index contributed by atoms with van der Waals surface area (Å²) in [5.74, 6) is 0.949. The summed E-state index contributed by atoms with van der Waals surface area (Å²) >= 11 is 0. The van der Waals surface area contributed by atoms with E-state index >= 15 is 0 Å². The minimum atomic E-state index is 0.177. The molecule has 0 saturated carbocycles. The first-order valence-corrected chi connectivity index (χ1v) is 7.21. The van der Waals surface area contributed by atoms with Gasteiger partial charge in [0.05, 0.1) is 23.2 Å². The van der Waals surface area contributed by atoms with Crippen LogP contribution in [0.4, 0.5) is 0 Å². The van der Waals surface area contributed by atoms with Gasteiger partial charge in [0.1, 0.15) is 11.3 Å². The van der Waals surface area contributed by atoms with Crippen molar-refractivity contribution in [3.8, 4) is 11.5 Å². The molecular formula is C18H14N2O2. The van der Waals surface area contributed by atoms with Crippen LogP contribution in [0, 0.1) is 0 Å². The van der Waals surface area contributed by atoms with Gasteiger partial charge >= 0.3 is 0 Å². The highest BCUT2D eigenvalue weighted by Gasteiger charge is 2.10. The number of fused-ring (bicyclic) bond motifs is 3. The van der Waals surface area contributed by atoms with Gasteiger partial charge < -0.3 is 9.84 Å². The summed E-state index contributed by atoms with van der Waals surface area (Å²) in [6.07, 6.45) is 0. The standard InChI is InChI=1S/C18H14N2O2/c1-2-22-12-7-8-14-15(10-12)19-16-9-11-5-3-4-6-13(11)18(21)17(16)20-14/h3-10,21H,2H2,1H3. The van der Waals surface area contributed by atoms with E-state index in [4.69, 9.17) is 4.74 Å². The first kappa shape index (κ1) is 12.8. The highest BCUT2D eigenvalue weighted by molar-refractivity contribution is 6.03. The van der Waals surface area contributed by atoms with Gasteiger partial charge in [0, 0.05) is 11.5 Å². The van der Waals surface area contributed by atoms with E-state index < -0.39 is 0 Å². The third-order valence-corrected chi connectivity index (χ3v) is 3.71. The maximum absolute atomic E-state index is 10.5. The van der Waals surface area contributed by atoms with Gasteiger partial charge in [0.15, 0.2) is 5.75 Å². The van der Waals surface area contributed by atoms with Crippen LogP contribution in [0.5, 0.6) is 11.5 Å². The third-order valence-electron chi connectivity index (χ3n) is 3.71.